The molecule has 24 heavy (non-hydrogen) atoms. The van der Waals surface area contributed by atoms with E-state index in [0.29, 0.717) is 5.56 Å². The van der Waals surface area contributed by atoms with Crippen LogP contribution < -0.4 is 5.32 Å². The van der Waals surface area contributed by atoms with Crippen LogP contribution in [0.5, 0.6) is 0 Å². The number of amides is 1. The number of rotatable bonds is 4. The number of carbonyl (C=O) groups excluding carboxylic acids is 1. The summed E-state index contributed by atoms with van der Waals surface area (Å²) in [5.74, 6) is 0.495. The molecule has 0 unspecified atom stereocenters. The molecule has 1 saturated carbocycles. The zero-order valence-electron chi connectivity index (χ0n) is 13.4. The highest BCUT2D eigenvalue weighted by Gasteiger charge is 2.36. The van der Waals surface area contributed by atoms with Crippen molar-refractivity contribution in [2.45, 2.75) is 32.0 Å². The predicted octanol–water partition coefficient (Wildman–Crippen LogP) is 3.63. The maximum Gasteiger partial charge on any atom is 0.416 e. The number of nitrogens with one attached hydrogen (secondary N) is 1. The van der Waals surface area contributed by atoms with Gasteiger partial charge in [-0.1, -0.05) is 6.07 Å². The van der Waals surface area contributed by atoms with Crippen molar-refractivity contribution in [1.29, 1.82) is 0 Å². The third-order valence-electron chi connectivity index (χ3n) is 4.33. The van der Waals surface area contributed by atoms with Crippen LogP contribution in [0.15, 0.2) is 30.6 Å². The SMILES string of the molecule is Cc1ccc(C(F)(F)F)cc1C(=O)N[C@@H](c1nccn1C)C1CC1. The number of halogens is 3. The van der Waals surface area contributed by atoms with Gasteiger partial charge in [-0.15, -0.1) is 0 Å². The largest absolute Gasteiger partial charge is 0.416 e. The van der Waals surface area contributed by atoms with Crippen LogP contribution in [0, 0.1) is 12.8 Å². The van der Waals surface area contributed by atoms with Gasteiger partial charge in [0.05, 0.1) is 11.6 Å². The minimum Gasteiger partial charge on any atom is -0.342 e. The summed E-state index contributed by atoms with van der Waals surface area (Å²) in [7, 11) is 1.83. The summed E-state index contributed by atoms with van der Waals surface area (Å²) in [5.41, 5.74) is -0.266. The van der Waals surface area contributed by atoms with E-state index in [1.807, 2.05) is 11.6 Å². The first-order valence-corrected chi connectivity index (χ1v) is 7.73. The predicted molar refractivity (Wildman–Crippen MR) is 82.3 cm³/mol. The van der Waals surface area contributed by atoms with E-state index in [0.717, 1.165) is 30.8 Å². The standard InChI is InChI=1S/C17H18F3N3O/c1-10-3-6-12(17(18,19)20)9-13(10)16(24)22-14(11-4-5-11)15-21-7-8-23(15)2/h3,6-9,11,14H,4-5H2,1-2H3,(H,22,24)/t14-/m1/s1. The molecule has 1 amide bonds. The number of aromatic nitrogens is 2. The molecule has 0 spiro atoms. The first-order chi connectivity index (χ1) is 11.3. The summed E-state index contributed by atoms with van der Waals surface area (Å²) in [6.07, 6.45) is 0.899. The van der Waals surface area contributed by atoms with Crippen LogP contribution in [0.4, 0.5) is 13.2 Å². The summed E-state index contributed by atoms with van der Waals surface area (Å²) in [4.78, 5) is 16.8. The molecule has 1 atom stereocenters. The fraction of sp³-hybridized carbons (Fsp3) is 0.412. The van der Waals surface area contributed by atoms with Crippen LogP contribution in [0.1, 0.15) is 46.2 Å². The van der Waals surface area contributed by atoms with Gasteiger partial charge in [0.25, 0.3) is 5.91 Å². The van der Waals surface area contributed by atoms with E-state index in [4.69, 9.17) is 0 Å². The molecule has 4 nitrogen and oxygen atoms in total. The molecule has 1 aliphatic carbocycles. The number of carbonyl (C=O) groups is 1. The van der Waals surface area contributed by atoms with Crippen molar-refractivity contribution in [3.8, 4) is 0 Å². The highest BCUT2D eigenvalue weighted by atomic mass is 19.4. The minimum absolute atomic E-state index is 0.0460. The smallest absolute Gasteiger partial charge is 0.342 e. The molecule has 1 N–H and O–H groups in total. The van der Waals surface area contributed by atoms with Gasteiger partial charge in [-0.3, -0.25) is 4.79 Å². The molecular weight excluding hydrogens is 319 g/mol. The quantitative estimate of drug-likeness (QED) is 0.926. The van der Waals surface area contributed by atoms with Gasteiger partial charge in [0.15, 0.2) is 0 Å². The van der Waals surface area contributed by atoms with Crippen LogP contribution >= 0.6 is 0 Å². The van der Waals surface area contributed by atoms with Gasteiger partial charge in [0, 0.05) is 25.0 Å². The second kappa shape index (κ2) is 5.96. The molecule has 0 saturated heterocycles. The van der Waals surface area contributed by atoms with Crippen LogP contribution in [-0.4, -0.2) is 15.5 Å². The molecule has 0 aliphatic heterocycles. The summed E-state index contributed by atoms with van der Waals surface area (Å²) in [6.45, 7) is 1.63. The van der Waals surface area contributed by atoms with Gasteiger partial charge in [-0.25, -0.2) is 4.98 Å². The normalized spacial score (nSPS) is 16.0. The van der Waals surface area contributed by atoms with Crippen molar-refractivity contribution in [2.75, 3.05) is 0 Å². The molecule has 1 aromatic carbocycles. The Morgan fingerprint density at radius 1 is 1.38 bits per heavy atom. The van der Waals surface area contributed by atoms with Crippen molar-refractivity contribution in [3.05, 3.63) is 53.1 Å². The Labute approximate surface area is 137 Å². The Bertz CT molecular complexity index is 763. The molecule has 0 radical (unpaired) electrons. The van der Waals surface area contributed by atoms with Gasteiger partial charge in [-0.2, -0.15) is 13.2 Å². The van der Waals surface area contributed by atoms with Gasteiger partial charge >= 0.3 is 6.18 Å². The van der Waals surface area contributed by atoms with E-state index in [1.54, 1.807) is 19.3 Å². The lowest BCUT2D eigenvalue weighted by Gasteiger charge is -2.19. The highest BCUT2D eigenvalue weighted by Crippen LogP contribution is 2.40. The fourth-order valence-electron chi connectivity index (χ4n) is 2.76. The van der Waals surface area contributed by atoms with E-state index in [9.17, 15) is 18.0 Å². The van der Waals surface area contributed by atoms with E-state index in [2.05, 4.69) is 10.3 Å². The average Bonchev–Trinajstić information content (AvgIpc) is 3.26. The average molecular weight is 337 g/mol. The molecule has 1 aliphatic rings. The number of nitrogens with zero attached hydrogens (tertiary/aromatic N) is 2. The van der Waals surface area contributed by atoms with Crippen molar-refractivity contribution in [1.82, 2.24) is 14.9 Å². The third-order valence-corrected chi connectivity index (χ3v) is 4.33. The van der Waals surface area contributed by atoms with Gasteiger partial charge in [0.1, 0.15) is 5.82 Å². The summed E-state index contributed by atoms with van der Waals surface area (Å²) < 4.78 is 40.5. The number of aryl methyl sites for hydroxylation is 2. The second-order valence-electron chi connectivity index (χ2n) is 6.21. The van der Waals surface area contributed by atoms with Crippen molar-refractivity contribution in [3.63, 3.8) is 0 Å². The molecular formula is C17H18F3N3O. The zero-order valence-corrected chi connectivity index (χ0v) is 13.4. The maximum absolute atomic E-state index is 12.9. The Balaban J connectivity index is 1.87. The van der Waals surface area contributed by atoms with Crippen LogP contribution in [-0.2, 0) is 13.2 Å². The Morgan fingerprint density at radius 3 is 2.62 bits per heavy atom. The van der Waals surface area contributed by atoms with Crippen molar-refractivity contribution >= 4 is 5.91 Å². The summed E-state index contributed by atoms with van der Waals surface area (Å²) in [5, 5.41) is 2.87. The molecule has 7 heteroatoms. The lowest BCUT2D eigenvalue weighted by atomic mass is 10.0. The maximum atomic E-state index is 12.9. The zero-order chi connectivity index (χ0) is 17.5. The van der Waals surface area contributed by atoms with E-state index in [1.165, 1.54) is 6.07 Å². The highest BCUT2D eigenvalue weighted by molar-refractivity contribution is 5.96. The Hall–Kier alpha value is -2.31. The van der Waals surface area contributed by atoms with Crippen LogP contribution in [0.3, 0.4) is 0 Å². The molecule has 1 fully saturated rings. The molecule has 0 bridgehead atoms. The first kappa shape index (κ1) is 16.5. The minimum atomic E-state index is -4.47. The molecule has 1 heterocycles. The van der Waals surface area contributed by atoms with Crippen molar-refractivity contribution < 1.29 is 18.0 Å². The molecule has 3 rings (SSSR count). The fourth-order valence-corrected chi connectivity index (χ4v) is 2.76. The topological polar surface area (TPSA) is 46.9 Å². The number of benzene rings is 1. The number of hydrogen-bond donors (Lipinski definition) is 1. The van der Waals surface area contributed by atoms with E-state index < -0.39 is 17.6 Å². The van der Waals surface area contributed by atoms with Crippen LogP contribution in [0.25, 0.3) is 0 Å². The first-order valence-electron chi connectivity index (χ1n) is 7.73. The van der Waals surface area contributed by atoms with E-state index in [-0.39, 0.29) is 17.5 Å². The number of hydrogen-bond acceptors (Lipinski definition) is 2. The lowest BCUT2D eigenvalue weighted by Crippen LogP contribution is -2.32. The summed E-state index contributed by atoms with van der Waals surface area (Å²) in [6, 6.07) is 2.94. The van der Waals surface area contributed by atoms with Gasteiger partial charge < -0.3 is 9.88 Å². The molecule has 1 aromatic heterocycles. The Kier molecular flexibility index (Phi) is 4.11. The third kappa shape index (κ3) is 3.29. The van der Waals surface area contributed by atoms with Crippen LogP contribution in [0.2, 0.25) is 0 Å². The monoisotopic (exact) mass is 337 g/mol. The number of alkyl halides is 3. The summed E-state index contributed by atoms with van der Waals surface area (Å²) >= 11 is 0. The van der Waals surface area contributed by atoms with Gasteiger partial charge in [0.2, 0.25) is 0 Å². The lowest BCUT2D eigenvalue weighted by molar-refractivity contribution is -0.137. The Morgan fingerprint density at radius 2 is 2.08 bits per heavy atom. The van der Waals surface area contributed by atoms with Crippen molar-refractivity contribution in [2.24, 2.45) is 13.0 Å². The molecule has 2 aromatic rings. The molecule has 128 valence electrons. The second-order valence-corrected chi connectivity index (χ2v) is 6.21. The number of imidazole rings is 1. The van der Waals surface area contributed by atoms with E-state index >= 15 is 0 Å². The van der Waals surface area contributed by atoms with Gasteiger partial charge in [-0.05, 0) is 43.4 Å².